The standard InChI is InChI=1S/C52H33NO/c1-4-14-42-34(10-1)13-9-18-43(42)36-20-25-39(26-21-36)53(41-29-31-51-49(33-41)46-17-7-8-19-50(46)54-51)40-27-22-37(23-28-40)48-32-38-12-3-5-15-44(38)47-30-24-35-11-2-6-16-45(35)52(47)48/h1-33H. The molecule has 0 amide bonds. The normalized spacial score (nSPS) is 11.7. The van der Waals surface area contributed by atoms with E-state index in [0.29, 0.717) is 0 Å². The molecular formula is C52H33NO. The third-order valence-corrected chi connectivity index (χ3v) is 11.0. The molecule has 0 radical (unpaired) electrons. The number of furan rings is 1. The van der Waals surface area contributed by atoms with Crippen molar-refractivity contribution in [3.8, 4) is 22.3 Å². The lowest BCUT2D eigenvalue weighted by atomic mass is 9.90. The number of benzene rings is 10. The van der Waals surface area contributed by atoms with Crippen LogP contribution in [-0.4, -0.2) is 0 Å². The zero-order valence-electron chi connectivity index (χ0n) is 29.4. The van der Waals surface area contributed by atoms with Crippen LogP contribution in [0.2, 0.25) is 0 Å². The largest absolute Gasteiger partial charge is 0.456 e. The van der Waals surface area contributed by atoms with Gasteiger partial charge in [-0.05, 0) is 120 Å². The van der Waals surface area contributed by atoms with E-state index in [1.54, 1.807) is 0 Å². The Morgan fingerprint density at radius 2 is 0.852 bits per heavy atom. The number of nitrogens with zero attached hydrogens (tertiary/aromatic N) is 1. The Balaban J connectivity index is 1.08. The Hall–Kier alpha value is -7.16. The van der Waals surface area contributed by atoms with E-state index in [1.165, 1.54) is 65.3 Å². The molecule has 11 aromatic rings. The molecule has 0 N–H and O–H groups in total. The predicted molar refractivity (Wildman–Crippen MR) is 229 cm³/mol. The summed E-state index contributed by atoms with van der Waals surface area (Å²) >= 11 is 0. The quantitative estimate of drug-likeness (QED) is 0.168. The zero-order chi connectivity index (χ0) is 35.6. The van der Waals surface area contributed by atoms with E-state index >= 15 is 0 Å². The number of hydrogen-bond donors (Lipinski definition) is 0. The molecule has 54 heavy (non-hydrogen) atoms. The van der Waals surface area contributed by atoms with Crippen molar-refractivity contribution in [2.75, 3.05) is 4.90 Å². The van der Waals surface area contributed by atoms with Crippen LogP contribution in [0.15, 0.2) is 205 Å². The summed E-state index contributed by atoms with van der Waals surface area (Å²) in [4.78, 5) is 2.35. The minimum absolute atomic E-state index is 0.886. The second-order valence-electron chi connectivity index (χ2n) is 14.1. The first-order valence-corrected chi connectivity index (χ1v) is 18.5. The van der Waals surface area contributed by atoms with E-state index in [1.807, 2.05) is 12.1 Å². The highest BCUT2D eigenvalue weighted by atomic mass is 16.3. The summed E-state index contributed by atoms with van der Waals surface area (Å²) in [6.45, 7) is 0. The summed E-state index contributed by atoms with van der Waals surface area (Å²) in [5, 5.41) is 12.3. The van der Waals surface area contributed by atoms with Gasteiger partial charge in [0, 0.05) is 27.8 Å². The second-order valence-corrected chi connectivity index (χ2v) is 14.1. The molecule has 10 aromatic carbocycles. The highest BCUT2D eigenvalue weighted by molar-refractivity contribution is 6.23. The van der Waals surface area contributed by atoms with E-state index in [9.17, 15) is 0 Å². The average Bonchev–Trinajstić information content (AvgIpc) is 3.62. The van der Waals surface area contributed by atoms with Crippen molar-refractivity contribution < 1.29 is 4.42 Å². The molecule has 1 aromatic heterocycles. The molecule has 0 spiro atoms. The van der Waals surface area contributed by atoms with Crippen molar-refractivity contribution in [2.24, 2.45) is 0 Å². The lowest BCUT2D eigenvalue weighted by Crippen LogP contribution is -2.09. The van der Waals surface area contributed by atoms with Crippen LogP contribution < -0.4 is 4.90 Å². The molecule has 2 heteroatoms. The number of rotatable bonds is 5. The maximum absolute atomic E-state index is 6.24. The SMILES string of the molecule is c1ccc2c(-c3ccc(N(c4ccc(-c5cc6ccccc6c6ccc7ccccc7c56)cc4)c4ccc5oc6ccccc6c5c4)cc3)cccc2c1. The average molecular weight is 688 g/mol. The summed E-state index contributed by atoms with van der Waals surface area (Å²) in [6, 6.07) is 72.4. The van der Waals surface area contributed by atoms with Gasteiger partial charge in [0.15, 0.2) is 0 Å². The highest BCUT2D eigenvalue weighted by Gasteiger charge is 2.18. The van der Waals surface area contributed by atoms with Gasteiger partial charge >= 0.3 is 0 Å². The molecule has 0 fully saturated rings. The third-order valence-electron chi connectivity index (χ3n) is 11.0. The van der Waals surface area contributed by atoms with Crippen LogP contribution in [0, 0.1) is 0 Å². The summed E-state index contributed by atoms with van der Waals surface area (Å²) in [5.41, 5.74) is 9.88. The van der Waals surface area contributed by atoms with Gasteiger partial charge in [-0.25, -0.2) is 0 Å². The molecule has 11 rings (SSSR count). The first-order chi connectivity index (χ1) is 26.8. The van der Waals surface area contributed by atoms with E-state index in [2.05, 4.69) is 193 Å². The van der Waals surface area contributed by atoms with E-state index in [4.69, 9.17) is 4.42 Å². The fraction of sp³-hybridized carbons (Fsp3) is 0. The molecule has 0 aliphatic heterocycles. The van der Waals surface area contributed by atoms with Crippen molar-refractivity contribution in [1.82, 2.24) is 0 Å². The van der Waals surface area contributed by atoms with Gasteiger partial charge in [-0.3, -0.25) is 0 Å². The third kappa shape index (κ3) is 4.88. The Labute approximate surface area is 312 Å². The summed E-state index contributed by atoms with van der Waals surface area (Å²) < 4.78 is 6.24. The van der Waals surface area contributed by atoms with Gasteiger partial charge in [0.2, 0.25) is 0 Å². The molecule has 1 heterocycles. The lowest BCUT2D eigenvalue weighted by Gasteiger charge is -2.26. The number of para-hydroxylation sites is 1. The smallest absolute Gasteiger partial charge is 0.135 e. The highest BCUT2D eigenvalue weighted by Crippen LogP contribution is 2.43. The lowest BCUT2D eigenvalue weighted by molar-refractivity contribution is 0.669. The van der Waals surface area contributed by atoms with Gasteiger partial charge in [-0.2, -0.15) is 0 Å². The van der Waals surface area contributed by atoms with E-state index in [0.717, 1.165) is 39.0 Å². The summed E-state index contributed by atoms with van der Waals surface area (Å²) in [5.74, 6) is 0. The van der Waals surface area contributed by atoms with Crippen LogP contribution in [0.5, 0.6) is 0 Å². The molecule has 2 nitrogen and oxygen atoms in total. The second kappa shape index (κ2) is 12.2. The zero-order valence-corrected chi connectivity index (χ0v) is 29.4. The summed E-state index contributed by atoms with van der Waals surface area (Å²) in [7, 11) is 0. The minimum Gasteiger partial charge on any atom is -0.456 e. The maximum Gasteiger partial charge on any atom is 0.135 e. The van der Waals surface area contributed by atoms with E-state index in [-0.39, 0.29) is 0 Å². The fourth-order valence-corrected chi connectivity index (χ4v) is 8.47. The van der Waals surface area contributed by atoms with Crippen molar-refractivity contribution in [3.63, 3.8) is 0 Å². The number of hydrogen-bond acceptors (Lipinski definition) is 2. The monoisotopic (exact) mass is 687 g/mol. The van der Waals surface area contributed by atoms with Crippen LogP contribution in [0.4, 0.5) is 17.1 Å². The Bertz CT molecular complexity index is 3200. The van der Waals surface area contributed by atoms with Crippen molar-refractivity contribution in [2.45, 2.75) is 0 Å². The van der Waals surface area contributed by atoms with Crippen LogP contribution in [0.1, 0.15) is 0 Å². The molecule has 0 bridgehead atoms. The topological polar surface area (TPSA) is 16.4 Å². The Kier molecular flexibility index (Phi) is 6.90. The molecule has 0 saturated heterocycles. The number of anilines is 3. The first kappa shape index (κ1) is 30.5. The molecule has 0 aliphatic rings. The van der Waals surface area contributed by atoms with Crippen molar-refractivity contribution in [1.29, 1.82) is 0 Å². The van der Waals surface area contributed by atoms with Crippen LogP contribution >= 0.6 is 0 Å². The molecule has 0 saturated carbocycles. The van der Waals surface area contributed by atoms with E-state index < -0.39 is 0 Å². The molecular weight excluding hydrogens is 655 g/mol. The fourth-order valence-electron chi connectivity index (χ4n) is 8.47. The molecule has 252 valence electrons. The van der Waals surface area contributed by atoms with Crippen molar-refractivity contribution in [3.05, 3.63) is 200 Å². The van der Waals surface area contributed by atoms with Gasteiger partial charge in [-0.15, -0.1) is 0 Å². The molecule has 0 atom stereocenters. The van der Waals surface area contributed by atoms with Crippen molar-refractivity contribution >= 4 is 82.1 Å². The van der Waals surface area contributed by atoms with Gasteiger partial charge in [0.05, 0.1) is 0 Å². The van der Waals surface area contributed by atoms with Gasteiger partial charge in [-0.1, -0.05) is 146 Å². The first-order valence-electron chi connectivity index (χ1n) is 18.5. The van der Waals surface area contributed by atoms with Crippen LogP contribution in [0.25, 0.3) is 87.3 Å². The van der Waals surface area contributed by atoms with Crippen LogP contribution in [-0.2, 0) is 0 Å². The van der Waals surface area contributed by atoms with Gasteiger partial charge in [0.25, 0.3) is 0 Å². The van der Waals surface area contributed by atoms with Gasteiger partial charge < -0.3 is 9.32 Å². The molecule has 0 unspecified atom stereocenters. The predicted octanol–water partition coefficient (Wildman–Crippen LogP) is 15.0. The summed E-state index contributed by atoms with van der Waals surface area (Å²) in [6.07, 6.45) is 0. The Morgan fingerprint density at radius 3 is 1.61 bits per heavy atom. The minimum atomic E-state index is 0.886. The maximum atomic E-state index is 6.24. The van der Waals surface area contributed by atoms with Crippen LogP contribution in [0.3, 0.4) is 0 Å². The molecule has 0 aliphatic carbocycles. The van der Waals surface area contributed by atoms with Gasteiger partial charge in [0.1, 0.15) is 11.2 Å². The number of fused-ring (bicyclic) bond motifs is 9. The Morgan fingerprint density at radius 1 is 0.296 bits per heavy atom.